The number of amides is 1. The van der Waals surface area contributed by atoms with E-state index < -0.39 is 0 Å². The first-order valence-corrected chi connectivity index (χ1v) is 7.82. The summed E-state index contributed by atoms with van der Waals surface area (Å²) in [4.78, 5) is 14.3. The van der Waals surface area contributed by atoms with Crippen molar-refractivity contribution in [1.29, 1.82) is 0 Å². The largest absolute Gasteiger partial charge is 0.352 e. The van der Waals surface area contributed by atoms with Crippen molar-refractivity contribution in [3.8, 4) is 0 Å². The second-order valence-electron chi connectivity index (χ2n) is 6.24. The van der Waals surface area contributed by atoms with Crippen LogP contribution in [-0.4, -0.2) is 37.0 Å². The SMILES string of the molecule is CC(C)N(C)Cc1cccc(CNC(=O)C2CCNC2)c1.Cl.Cl. The number of nitrogens with zero attached hydrogens (tertiary/aromatic N) is 1. The van der Waals surface area contributed by atoms with Gasteiger partial charge >= 0.3 is 0 Å². The summed E-state index contributed by atoms with van der Waals surface area (Å²) >= 11 is 0. The molecule has 132 valence electrons. The molecule has 1 aromatic rings. The molecule has 0 aliphatic carbocycles. The molecule has 4 nitrogen and oxygen atoms in total. The second-order valence-corrected chi connectivity index (χ2v) is 6.24. The highest BCUT2D eigenvalue weighted by molar-refractivity contribution is 5.85. The molecule has 1 heterocycles. The Morgan fingerprint density at radius 3 is 2.65 bits per heavy atom. The van der Waals surface area contributed by atoms with Crippen molar-refractivity contribution in [3.05, 3.63) is 35.4 Å². The molecule has 1 saturated heterocycles. The minimum absolute atomic E-state index is 0. The van der Waals surface area contributed by atoms with Crippen LogP contribution in [0.1, 0.15) is 31.4 Å². The lowest BCUT2D eigenvalue weighted by Gasteiger charge is -2.21. The highest BCUT2D eigenvalue weighted by atomic mass is 35.5. The zero-order valence-corrected chi connectivity index (χ0v) is 15.8. The maximum absolute atomic E-state index is 12.0. The van der Waals surface area contributed by atoms with Crippen LogP contribution >= 0.6 is 24.8 Å². The van der Waals surface area contributed by atoms with Crippen molar-refractivity contribution in [1.82, 2.24) is 15.5 Å². The van der Waals surface area contributed by atoms with Gasteiger partial charge in [0.2, 0.25) is 5.91 Å². The molecular formula is C17H29Cl2N3O. The summed E-state index contributed by atoms with van der Waals surface area (Å²) < 4.78 is 0. The van der Waals surface area contributed by atoms with Gasteiger partial charge in [-0.05, 0) is 45.0 Å². The van der Waals surface area contributed by atoms with E-state index in [1.54, 1.807) is 0 Å². The van der Waals surface area contributed by atoms with Crippen molar-refractivity contribution in [2.75, 3.05) is 20.1 Å². The lowest BCUT2D eigenvalue weighted by atomic mass is 10.1. The van der Waals surface area contributed by atoms with E-state index in [0.717, 1.165) is 26.1 Å². The number of halogens is 2. The Balaban J connectivity index is 0.00000242. The van der Waals surface area contributed by atoms with Crippen molar-refractivity contribution in [2.45, 2.75) is 39.4 Å². The van der Waals surface area contributed by atoms with Crippen LogP contribution in [0.3, 0.4) is 0 Å². The maximum Gasteiger partial charge on any atom is 0.224 e. The van der Waals surface area contributed by atoms with Gasteiger partial charge in [0.1, 0.15) is 0 Å². The van der Waals surface area contributed by atoms with E-state index in [-0.39, 0.29) is 36.6 Å². The van der Waals surface area contributed by atoms with Gasteiger partial charge in [-0.3, -0.25) is 9.69 Å². The van der Waals surface area contributed by atoms with E-state index in [0.29, 0.717) is 12.6 Å². The van der Waals surface area contributed by atoms with Gasteiger partial charge in [-0.15, -0.1) is 24.8 Å². The predicted molar refractivity (Wildman–Crippen MR) is 100 cm³/mol. The second kappa shape index (κ2) is 10.9. The molecule has 23 heavy (non-hydrogen) atoms. The zero-order valence-electron chi connectivity index (χ0n) is 14.2. The van der Waals surface area contributed by atoms with Crippen molar-refractivity contribution < 1.29 is 4.79 Å². The number of hydrogen-bond acceptors (Lipinski definition) is 3. The molecule has 1 aliphatic heterocycles. The highest BCUT2D eigenvalue weighted by Gasteiger charge is 2.21. The molecular weight excluding hydrogens is 333 g/mol. The Hall–Kier alpha value is -0.810. The molecule has 1 unspecified atom stereocenters. The monoisotopic (exact) mass is 361 g/mol. The van der Waals surface area contributed by atoms with Gasteiger partial charge in [-0.2, -0.15) is 0 Å². The summed E-state index contributed by atoms with van der Waals surface area (Å²) in [5.74, 6) is 0.310. The average Bonchev–Trinajstić information content (AvgIpc) is 2.99. The standard InChI is InChI=1S/C17H27N3O.2ClH/c1-13(2)20(3)12-15-6-4-5-14(9-15)10-19-17(21)16-7-8-18-11-16;;/h4-6,9,13,16,18H,7-8,10-12H2,1-3H3,(H,19,21);2*1H. The number of hydrogen-bond donors (Lipinski definition) is 2. The van der Waals surface area contributed by atoms with E-state index >= 15 is 0 Å². The van der Waals surface area contributed by atoms with E-state index in [2.05, 4.69) is 60.7 Å². The van der Waals surface area contributed by atoms with Crippen molar-refractivity contribution in [3.63, 3.8) is 0 Å². The van der Waals surface area contributed by atoms with Crippen LogP contribution < -0.4 is 10.6 Å². The van der Waals surface area contributed by atoms with Gasteiger partial charge in [0.25, 0.3) is 0 Å². The maximum atomic E-state index is 12.0. The van der Waals surface area contributed by atoms with E-state index in [9.17, 15) is 4.79 Å². The summed E-state index contributed by atoms with van der Waals surface area (Å²) in [6.45, 7) is 7.71. The van der Waals surface area contributed by atoms with Crippen molar-refractivity contribution >= 4 is 30.7 Å². The molecule has 2 rings (SSSR count). The van der Waals surface area contributed by atoms with Crippen molar-refractivity contribution in [2.24, 2.45) is 5.92 Å². The fourth-order valence-electron chi connectivity index (χ4n) is 2.52. The van der Waals surface area contributed by atoms with Gasteiger partial charge in [0.05, 0.1) is 5.92 Å². The third-order valence-electron chi connectivity index (χ3n) is 4.20. The molecule has 1 amide bonds. The molecule has 0 aromatic heterocycles. The fraction of sp³-hybridized carbons (Fsp3) is 0.588. The fourth-order valence-corrected chi connectivity index (χ4v) is 2.52. The Kier molecular flexibility index (Phi) is 10.5. The summed E-state index contributed by atoms with van der Waals surface area (Å²) in [6.07, 6.45) is 0.949. The molecule has 1 aromatic carbocycles. The van der Waals surface area contributed by atoms with Gasteiger partial charge in [-0.1, -0.05) is 24.3 Å². The van der Waals surface area contributed by atoms with E-state index in [4.69, 9.17) is 0 Å². The average molecular weight is 362 g/mol. The van der Waals surface area contributed by atoms with Gasteiger partial charge in [0, 0.05) is 25.7 Å². The molecule has 0 radical (unpaired) electrons. The molecule has 1 atom stereocenters. The summed E-state index contributed by atoms with van der Waals surface area (Å²) in [5, 5.41) is 6.28. The molecule has 6 heteroatoms. The van der Waals surface area contributed by atoms with Gasteiger partial charge in [0.15, 0.2) is 0 Å². The van der Waals surface area contributed by atoms with E-state index in [1.165, 1.54) is 11.1 Å². The third-order valence-corrected chi connectivity index (χ3v) is 4.20. The molecule has 0 bridgehead atoms. The first kappa shape index (κ1) is 22.2. The van der Waals surface area contributed by atoms with Crippen LogP contribution in [0.5, 0.6) is 0 Å². The molecule has 2 N–H and O–H groups in total. The van der Waals surface area contributed by atoms with Gasteiger partial charge < -0.3 is 10.6 Å². The third kappa shape index (κ3) is 7.08. The Bertz CT molecular complexity index is 477. The number of rotatable bonds is 6. The Labute approximate surface area is 152 Å². The number of nitrogens with one attached hydrogen (secondary N) is 2. The van der Waals surface area contributed by atoms with Crippen LogP contribution in [0.25, 0.3) is 0 Å². The van der Waals surface area contributed by atoms with Crippen LogP contribution in [0, 0.1) is 5.92 Å². The lowest BCUT2D eigenvalue weighted by molar-refractivity contribution is -0.124. The Morgan fingerprint density at radius 1 is 1.35 bits per heavy atom. The number of carbonyl (C=O) groups excluding carboxylic acids is 1. The Morgan fingerprint density at radius 2 is 2.04 bits per heavy atom. The molecule has 1 fully saturated rings. The molecule has 0 spiro atoms. The normalized spacial score (nSPS) is 16.8. The minimum atomic E-state index is 0. The summed E-state index contributed by atoms with van der Waals surface area (Å²) in [7, 11) is 2.13. The topological polar surface area (TPSA) is 44.4 Å². The predicted octanol–water partition coefficient (Wildman–Crippen LogP) is 2.60. The first-order chi connectivity index (χ1) is 10.1. The smallest absolute Gasteiger partial charge is 0.224 e. The number of benzene rings is 1. The van der Waals surface area contributed by atoms with Crippen LogP contribution in [0.4, 0.5) is 0 Å². The van der Waals surface area contributed by atoms with Crippen LogP contribution in [0.2, 0.25) is 0 Å². The molecule has 1 aliphatic rings. The zero-order chi connectivity index (χ0) is 15.2. The summed E-state index contributed by atoms with van der Waals surface area (Å²) in [5.41, 5.74) is 2.46. The lowest BCUT2D eigenvalue weighted by Crippen LogP contribution is -2.31. The van der Waals surface area contributed by atoms with Gasteiger partial charge in [-0.25, -0.2) is 0 Å². The van der Waals surface area contributed by atoms with E-state index in [1.807, 2.05) is 0 Å². The number of carbonyl (C=O) groups is 1. The minimum Gasteiger partial charge on any atom is -0.352 e. The summed E-state index contributed by atoms with van der Waals surface area (Å²) in [6, 6.07) is 9.01. The highest BCUT2D eigenvalue weighted by Crippen LogP contribution is 2.11. The quantitative estimate of drug-likeness (QED) is 0.818. The van der Waals surface area contributed by atoms with Crippen LogP contribution in [-0.2, 0) is 17.9 Å². The first-order valence-electron chi connectivity index (χ1n) is 7.82. The molecule has 0 saturated carbocycles. The van der Waals surface area contributed by atoms with Crippen LogP contribution in [0.15, 0.2) is 24.3 Å².